The molecule has 8 heteroatoms. The summed E-state index contributed by atoms with van der Waals surface area (Å²) in [5.41, 5.74) is 0.146. The van der Waals surface area contributed by atoms with Crippen LogP contribution in [-0.4, -0.2) is 15.8 Å². The number of nitro groups is 1. The van der Waals surface area contributed by atoms with E-state index < -0.39 is 10.8 Å². The molecule has 1 N–H and O–H groups in total. The fourth-order valence-corrected chi connectivity index (χ4v) is 2.03. The van der Waals surface area contributed by atoms with Crippen LogP contribution in [0.3, 0.4) is 0 Å². The van der Waals surface area contributed by atoms with Crippen molar-refractivity contribution in [1.82, 2.24) is 4.98 Å². The number of nitro benzene ring substituents is 1. The minimum atomic E-state index is -0.607. The molecule has 1 amide bonds. The lowest BCUT2D eigenvalue weighted by Crippen LogP contribution is -2.13. The fourth-order valence-electron chi connectivity index (χ4n) is 1.50. The van der Waals surface area contributed by atoms with Crippen molar-refractivity contribution in [2.45, 2.75) is 0 Å². The van der Waals surface area contributed by atoms with E-state index in [-0.39, 0.29) is 16.4 Å². The zero-order valence-corrected chi connectivity index (χ0v) is 12.2. The second-order valence-corrected chi connectivity index (χ2v) is 4.99. The van der Waals surface area contributed by atoms with E-state index >= 15 is 0 Å². The maximum atomic E-state index is 12.0. The molecule has 0 atom stereocenters. The maximum Gasteiger partial charge on any atom is 0.294 e. The predicted molar refractivity (Wildman–Crippen MR) is 78.0 cm³/mol. The van der Waals surface area contributed by atoms with Crippen LogP contribution in [-0.2, 0) is 0 Å². The Labute approximate surface area is 127 Å². The van der Waals surface area contributed by atoms with Gasteiger partial charge >= 0.3 is 0 Å². The van der Waals surface area contributed by atoms with E-state index in [1.165, 1.54) is 36.5 Å². The average Bonchev–Trinajstić information content (AvgIpc) is 2.40. The minimum Gasteiger partial charge on any atom is -0.316 e. The molecule has 0 aliphatic carbocycles. The number of hydrogen-bond donors (Lipinski definition) is 1. The van der Waals surface area contributed by atoms with Crippen molar-refractivity contribution in [1.29, 1.82) is 0 Å². The first-order chi connectivity index (χ1) is 9.47. The Morgan fingerprint density at radius 2 is 2.10 bits per heavy atom. The number of anilines is 1. The quantitative estimate of drug-likeness (QED) is 0.516. The van der Waals surface area contributed by atoms with Crippen molar-refractivity contribution < 1.29 is 9.72 Å². The topological polar surface area (TPSA) is 85.1 Å². The summed E-state index contributed by atoms with van der Waals surface area (Å²) < 4.78 is 0.496. The number of aromatic nitrogens is 1. The highest BCUT2D eigenvalue weighted by Gasteiger charge is 2.17. The first-order valence-corrected chi connectivity index (χ1v) is 6.51. The van der Waals surface area contributed by atoms with E-state index in [4.69, 9.17) is 11.6 Å². The van der Waals surface area contributed by atoms with Gasteiger partial charge in [-0.05, 0) is 40.2 Å². The summed E-state index contributed by atoms with van der Waals surface area (Å²) in [5.74, 6) is -0.474. The Kier molecular flexibility index (Phi) is 4.31. The number of hydrogen-bond acceptors (Lipinski definition) is 4. The lowest BCUT2D eigenvalue weighted by molar-refractivity contribution is -0.383. The third-order valence-corrected chi connectivity index (χ3v) is 3.06. The van der Waals surface area contributed by atoms with Crippen molar-refractivity contribution >= 4 is 44.8 Å². The molecule has 6 nitrogen and oxygen atoms in total. The van der Waals surface area contributed by atoms with Crippen molar-refractivity contribution in [3.8, 4) is 0 Å². The van der Waals surface area contributed by atoms with Crippen LogP contribution >= 0.6 is 27.5 Å². The van der Waals surface area contributed by atoms with E-state index in [2.05, 4.69) is 26.2 Å². The van der Waals surface area contributed by atoms with Gasteiger partial charge in [0.2, 0.25) is 0 Å². The highest BCUT2D eigenvalue weighted by atomic mass is 79.9. The molecular weight excluding hydrogens is 350 g/mol. The monoisotopic (exact) mass is 355 g/mol. The molecule has 20 heavy (non-hydrogen) atoms. The number of nitrogens with zero attached hydrogens (tertiary/aromatic N) is 2. The SMILES string of the molecule is O=C(Nc1ccc(Cl)cc1[N+](=O)[O-])c1ccnc(Br)c1. The number of carbonyl (C=O) groups is 1. The molecule has 1 aromatic carbocycles. The first kappa shape index (κ1) is 14.4. The Morgan fingerprint density at radius 1 is 1.35 bits per heavy atom. The van der Waals surface area contributed by atoms with E-state index in [0.29, 0.717) is 10.2 Å². The molecule has 1 heterocycles. The molecular formula is C12H7BrClN3O3. The Bertz CT molecular complexity index is 693. The normalized spacial score (nSPS) is 10.1. The van der Waals surface area contributed by atoms with Crippen LogP contribution < -0.4 is 5.32 Å². The molecule has 0 saturated carbocycles. The number of benzene rings is 1. The van der Waals surface area contributed by atoms with E-state index in [1.807, 2.05) is 0 Å². The lowest BCUT2D eigenvalue weighted by atomic mass is 10.2. The number of rotatable bonds is 3. The second-order valence-electron chi connectivity index (χ2n) is 3.74. The van der Waals surface area contributed by atoms with Crippen molar-refractivity contribution in [3.05, 3.63) is 61.8 Å². The largest absolute Gasteiger partial charge is 0.316 e. The number of halogens is 2. The van der Waals surface area contributed by atoms with Crippen LogP contribution in [0.25, 0.3) is 0 Å². The Hall–Kier alpha value is -1.99. The molecule has 102 valence electrons. The van der Waals surface area contributed by atoms with E-state index in [9.17, 15) is 14.9 Å². The van der Waals surface area contributed by atoms with Crippen molar-refractivity contribution in [2.24, 2.45) is 0 Å². The average molecular weight is 357 g/mol. The first-order valence-electron chi connectivity index (χ1n) is 5.34. The zero-order chi connectivity index (χ0) is 14.7. The fraction of sp³-hybridized carbons (Fsp3) is 0. The van der Waals surface area contributed by atoms with Gasteiger partial charge in [-0.1, -0.05) is 11.6 Å². The van der Waals surface area contributed by atoms with Crippen molar-refractivity contribution in [2.75, 3.05) is 5.32 Å². The van der Waals surface area contributed by atoms with Gasteiger partial charge in [-0.3, -0.25) is 14.9 Å². The summed E-state index contributed by atoms with van der Waals surface area (Å²) in [6.07, 6.45) is 1.45. The summed E-state index contributed by atoms with van der Waals surface area (Å²) in [6.45, 7) is 0. The number of pyridine rings is 1. The van der Waals surface area contributed by atoms with Crippen LogP contribution in [0.1, 0.15) is 10.4 Å². The Balaban J connectivity index is 2.30. The van der Waals surface area contributed by atoms with Gasteiger partial charge in [0.05, 0.1) is 4.92 Å². The summed E-state index contributed by atoms with van der Waals surface area (Å²) in [6, 6.07) is 7.04. The highest BCUT2D eigenvalue weighted by molar-refractivity contribution is 9.10. The number of nitrogens with one attached hydrogen (secondary N) is 1. The standard InChI is InChI=1S/C12H7BrClN3O3/c13-11-5-7(3-4-15-11)12(18)16-9-2-1-8(14)6-10(9)17(19)20/h1-6H,(H,16,18). The minimum absolute atomic E-state index is 0.0809. The van der Waals surface area contributed by atoms with Crippen LogP contribution in [0, 0.1) is 10.1 Å². The summed E-state index contributed by atoms with van der Waals surface area (Å²) >= 11 is 8.85. The predicted octanol–water partition coefficient (Wildman–Crippen LogP) is 3.66. The van der Waals surface area contributed by atoms with Crippen LogP contribution in [0.15, 0.2) is 41.1 Å². The molecule has 0 spiro atoms. The van der Waals surface area contributed by atoms with Gasteiger partial charge < -0.3 is 5.32 Å². The summed E-state index contributed by atoms with van der Waals surface area (Å²) in [7, 11) is 0. The van der Waals surface area contributed by atoms with Crippen molar-refractivity contribution in [3.63, 3.8) is 0 Å². The summed E-state index contributed by atoms with van der Waals surface area (Å²) in [4.78, 5) is 26.2. The van der Waals surface area contributed by atoms with Gasteiger partial charge in [0, 0.05) is 22.8 Å². The molecule has 2 rings (SSSR count). The maximum absolute atomic E-state index is 12.0. The molecule has 1 aromatic heterocycles. The van der Waals surface area contributed by atoms with Gasteiger partial charge in [0.1, 0.15) is 10.3 Å². The molecule has 0 unspecified atom stereocenters. The Morgan fingerprint density at radius 3 is 2.75 bits per heavy atom. The van der Waals surface area contributed by atoms with Crippen LogP contribution in [0.2, 0.25) is 5.02 Å². The zero-order valence-electron chi connectivity index (χ0n) is 9.84. The summed E-state index contributed by atoms with van der Waals surface area (Å²) in [5, 5.41) is 13.6. The smallest absolute Gasteiger partial charge is 0.294 e. The van der Waals surface area contributed by atoms with Gasteiger partial charge in [-0.2, -0.15) is 0 Å². The third-order valence-electron chi connectivity index (χ3n) is 2.39. The van der Waals surface area contributed by atoms with Crippen LogP contribution in [0.5, 0.6) is 0 Å². The molecule has 0 radical (unpaired) electrons. The molecule has 0 bridgehead atoms. The van der Waals surface area contributed by atoms with Crippen LogP contribution in [0.4, 0.5) is 11.4 Å². The molecule has 0 saturated heterocycles. The molecule has 0 aliphatic rings. The van der Waals surface area contributed by atoms with Gasteiger partial charge in [-0.15, -0.1) is 0 Å². The van der Waals surface area contributed by atoms with Gasteiger partial charge in [0.25, 0.3) is 11.6 Å². The molecule has 0 fully saturated rings. The lowest BCUT2D eigenvalue weighted by Gasteiger charge is -2.06. The second kappa shape index (κ2) is 5.98. The third kappa shape index (κ3) is 3.31. The van der Waals surface area contributed by atoms with E-state index in [0.717, 1.165) is 0 Å². The number of amides is 1. The molecule has 0 aliphatic heterocycles. The van der Waals surface area contributed by atoms with E-state index in [1.54, 1.807) is 0 Å². The van der Waals surface area contributed by atoms with Gasteiger partial charge in [-0.25, -0.2) is 4.98 Å². The van der Waals surface area contributed by atoms with Gasteiger partial charge in [0.15, 0.2) is 0 Å². The highest BCUT2D eigenvalue weighted by Crippen LogP contribution is 2.28. The molecule has 2 aromatic rings. The number of carbonyl (C=O) groups excluding carboxylic acids is 1.